The number of anilines is 1. The van der Waals surface area contributed by atoms with Crippen LogP contribution in [0.3, 0.4) is 0 Å². The Hall–Kier alpha value is -2.66. The SMILES string of the molecule is Cc1cccc2c1C1(CCN(Cc3ccccc3)CC1)C(=O)N2CC(=O)OC(C)(C)C. The molecular weight excluding hydrogens is 388 g/mol. The van der Waals surface area contributed by atoms with E-state index in [2.05, 4.69) is 42.2 Å². The lowest BCUT2D eigenvalue weighted by atomic mass is 9.72. The molecule has 0 bridgehead atoms. The Morgan fingerprint density at radius 3 is 2.35 bits per heavy atom. The number of nitrogens with zero attached hydrogens (tertiary/aromatic N) is 2. The van der Waals surface area contributed by atoms with E-state index >= 15 is 0 Å². The Kier molecular flexibility index (Phi) is 5.65. The minimum Gasteiger partial charge on any atom is -0.459 e. The predicted octanol–water partition coefficient (Wildman–Crippen LogP) is 4.22. The van der Waals surface area contributed by atoms with Crippen LogP contribution in [0.25, 0.3) is 0 Å². The summed E-state index contributed by atoms with van der Waals surface area (Å²) < 4.78 is 5.51. The molecule has 0 aromatic heterocycles. The lowest BCUT2D eigenvalue weighted by molar-refractivity contribution is -0.153. The minimum atomic E-state index is -0.574. The van der Waals surface area contributed by atoms with Crippen molar-refractivity contribution in [3.63, 3.8) is 0 Å². The van der Waals surface area contributed by atoms with Crippen molar-refractivity contribution < 1.29 is 14.3 Å². The van der Waals surface area contributed by atoms with E-state index in [1.807, 2.05) is 39.0 Å². The van der Waals surface area contributed by atoms with E-state index in [1.54, 1.807) is 4.90 Å². The highest BCUT2D eigenvalue weighted by Gasteiger charge is 2.53. The van der Waals surface area contributed by atoms with Crippen molar-refractivity contribution in [3.05, 3.63) is 65.2 Å². The monoisotopic (exact) mass is 420 g/mol. The Bertz CT molecular complexity index is 970. The molecule has 1 fully saturated rings. The highest BCUT2D eigenvalue weighted by atomic mass is 16.6. The van der Waals surface area contributed by atoms with Gasteiger partial charge in [-0.25, -0.2) is 0 Å². The maximum Gasteiger partial charge on any atom is 0.326 e. The van der Waals surface area contributed by atoms with Crippen molar-refractivity contribution in [3.8, 4) is 0 Å². The molecule has 4 rings (SSSR count). The molecule has 2 aliphatic rings. The van der Waals surface area contributed by atoms with Gasteiger partial charge in [0.25, 0.3) is 0 Å². The van der Waals surface area contributed by atoms with Crippen LogP contribution in [0.4, 0.5) is 5.69 Å². The molecule has 2 heterocycles. The first-order valence-corrected chi connectivity index (χ1v) is 11.1. The van der Waals surface area contributed by atoms with Gasteiger partial charge in [0.1, 0.15) is 12.1 Å². The summed E-state index contributed by atoms with van der Waals surface area (Å²) in [6.45, 7) is 10.2. The molecule has 1 spiro atoms. The zero-order valence-electron chi connectivity index (χ0n) is 19.0. The fourth-order valence-corrected chi connectivity index (χ4v) is 5.03. The smallest absolute Gasteiger partial charge is 0.326 e. The van der Waals surface area contributed by atoms with Gasteiger partial charge in [-0.15, -0.1) is 0 Å². The van der Waals surface area contributed by atoms with E-state index in [1.165, 1.54) is 5.56 Å². The summed E-state index contributed by atoms with van der Waals surface area (Å²) in [6, 6.07) is 16.5. The molecule has 0 atom stereocenters. The number of rotatable bonds is 4. The van der Waals surface area contributed by atoms with Crippen LogP contribution in [0.1, 0.15) is 50.3 Å². The van der Waals surface area contributed by atoms with E-state index in [0.717, 1.165) is 49.3 Å². The number of likely N-dealkylation sites (tertiary alicyclic amines) is 1. The largest absolute Gasteiger partial charge is 0.459 e. The van der Waals surface area contributed by atoms with Gasteiger partial charge in [-0.2, -0.15) is 0 Å². The van der Waals surface area contributed by atoms with Gasteiger partial charge in [0.2, 0.25) is 5.91 Å². The molecule has 2 aromatic carbocycles. The molecule has 5 nitrogen and oxygen atoms in total. The molecule has 0 radical (unpaired) electrons. The van der Waals surface area contributed by atoms with E-state index in [0.29, 0.717) is 0 Å². The fraction of sp³-hybridized carbons (Fsp3) is 0.462. The fourth-order valence-electron chi connectivity index (χ4n) is 5.03. The van der Waals surface area contributed by atoms with Gasteiger partial charge in [-0.1, -0.05) is 42.5 Å². The molecule has 1 amide bonds. The molecule has 164 valence electrons. The zero-order valence-corrected chi connectivity index (χ0v) is 19.0. The summed E-state index contributed by atoms with van der Waals surface area (Å²) in [7, 11) is 0. The van der Waals surface area contributed by atoms with Crippen LogP contribution >= 0.6 is 0 Å². The highest BCUT2D eigenvalue weighted by Crippen LogP contribution is 2.49. The highest BCUT2D eigenvalue weighted by molar-refractivity contribution is 6.10. The van der Waals surface area contributed by atoms with Crippen molar-refractivity contribution in [2.45, 2.75) is 58.1 Å². The Morgan fingerprint density at radius 2 is 1.71 bits per heavy atom. The summed E-state index contributed by atoms with van der Waals surface area (Å²) in [4.78, 5) is 30.4. The summed E-state index contributed by atoms with van der Waals surface area (Å²) in [6.07, 6.45) is 1.53. The summed E-state index contributed by atoms with van der Waals surface area (Å²) in [5.41, 5.74) is 3.26. The molecule has 0 aliphatic carbocycles. The third kappa shape index (κ3) is 4.24. The second-order valence-electron chi connectivity index (χ2n) is 9.79. The molecule has 2 aliphatic heterocycles. The van der Waals surface area contributed by atoms with Crippen molar-refractivity contribution in [1.29, 1.82) is 0 Å². The van der Waals surface area contributed by atoms with Gasteiger partial charge in [0, 0.05) is 12.2 Å². The first-order chi connectivity index (χ1) is 14.7. The van der Waals surface area contributed by atoms with Gasteiger partial charge >= 0.3 is 5.97 Å². The second kappa shape index (κ2) is 8.12. The quantitative estimate of drug-likeness (QED) is 0.695. The number of fused-ring (bicyclic) bond motifs is 2. The Morgan fingerprint density at radius 1 is 1.03 bits per heavy atom. The molecular formula is C26H32N2O3. The van der Waals surface area contributed by atoms with E-state index in [-0.39, 0.29) is 18.4 Å². The van der Waals surface area contributed by atoms with E-state index in [4.69, 9.17) is 4.74 Å². The first kappa shape index (κ1) is 21.6. The van der Waals surface area contributed by atoms with E-state index < -0.39 is 11.0 Å². The number of piperidine rings is 1. The van der Waals surface area contributed by atoms with Crippen LogP contribution in [0.2, 0.25) is 0 Å². The van der Waals surface area contributed by atoms with Gasteiger partial charge in [0.15, 0.2) is 0 Å². The molecule has 31 heavy (non-hydrogen) atoms. The number of benzene rings is 2. The summed E-state index contributed by atoms with van der Waals surface area (Å²) >= 11 is 0. The van der Waals surface area contributed by atoms with Crippen LogP contribution in [0, 0.1) is 6.92 Å². The average molecular weight is 421 g/mol. The number of esters is 1. The van der Waals surface area contributed by atoms with Gasteiger partial charge in [0.05, 0.1) is 5.41 Å². The minimum absolute atomic E-state index is 0.0396. The summed E-state index contributed by atoms with van der Waals surface area (Å²) in [5.74, 6) is -0.325. The number of hydrogen-bond acceptors (Lipinski definition) is 4. The van der Waals surface area contributed by atoms with Crippen molar-refractivity contribution in [2.75, 3.05) is 24.5 Å². The van der Waals surface area contributed by atoms with Gasteiger partial charge in [-0.05, 0) is 76.4 Å². The average Bonchev–Trinajstić information content (AvgIpc) is 2.93. The first-order valence-electron chi connectivity index (χ1n) is 11.1. The predicted molar refractivity (Wildman–Crippen MR) is 122 cm³/mol. The van der Waals surface area contributed by atoms with Crippen LogP contribution in [0.15, 0.2) is 48.5 Å². The summed E-state index contributed by atoms with van der Waals surface area (Å²) in [5, 5.41) is 0. The topological polar surface area (TPSA) is 49.9 Å². The number of hydrogen-bond donors (Lipinski definition) is 0. The molecule has 1 saturated heterocycles. The Labute approximate surface area is 185 Å². The zero-order chi connectivity index (χ0) is 22.2. The number of ether oxygens (including phenoxy) is 1. The number of amides is 1. The van der Waals surface area contributed by atoms with Crippen molar-refractivity contribution >= 4 is 17.6 Å². The third-order valence-corrected chi connectivity index (χ3v) is 6.34. The van der Waals surface area contributed by atoms with Gasteiger partial charge < -0.3 is 9.64 Å². The number of carbonyl (C=O) groups is 2. The Balaban J connectivity index is 1.56. The standard InChI is InChI=1S/C26H32N2O3/c1-19-9-8-12-21-23(19)26(24(30)28(21)18-22(29)31-25(2,3)4)13-15-27(16-14-26)17-20-10-6-5-7-11-20/h5-12H,13-18H2,1-4H3. The van der Waals surface area contributed by atoms with Crippen molar-refractivity contribution in [2.24, 2.45) is 0 Å². The van der Waals surface area contributed by atoms with Crippen LogP contribution in [-0.4, -0.2) is 42.0 Å². The van der Waals surface area contributed by atoms with Gasteiger partial charge in [-0.3, -0.25) is 14.5 Å². The van der Waals surface area contributed by atoms with Crippen LogP contribution < -0.4 is 4.90 Å². The normalized spacial score (nSPS) is 18.3. The third-order valence-electron chi connectivity index (χ3n) is 6.34. The maximum absolute atomic E-state index is 13.8. The van der Waals surface area contributed by atoms with Crippen molar-refractivity contribution in [1.82, 2.24) is 4.90 Å². The molecule has 0 N–H and O–H groups in total. The molecule has 0 saturated carbocycles. The lowest BCUT2D eigenvalue weighted by Crippen LogP contribution is -2.49. The second-order valence-corrected chi connectivity index (χ2v) is 9.79. The van der Waals surface area contributed by atoms with Crippen LogP contribution in [0.5, 0.6) is 0 Å². The molecule has 2 aromatic rings. The maximum atomic E-state index is 13.8. The number of aryl methyl sites for hydroxylation is 1. The lowest BCUT2D eigenvalue weighted by Gasteiger charge is -2.39. The number of carbonyl (C=O) groups excluding carboxylic acids is 2. The van der Waals surface area contributed by atoms with E-state index in [9.17, 15) is 9.59 Å². The molecule has 5 heteroatoms. The van der Waals surface area contributed by atoms with Crippen LogP contribution in [-0.2, 0) is 26.3 Å². The molecule has 0 unspecified atom stereocenters.